The van der Waals surface area contributed by atoms with Gasteiger partial charge in [0.25, 0.3) is 6.01 Å². The second-order valence-corrected chi connectivity index (χ2v) is 5.30. The fourth-order valence-corrected chi connectivity index (χ4v) is 2.76. The van der Waals surface area contributed by atoms with Crippen LogP contribution in [0.1, 0.15) is 26.2 Å². The number of nitrogens with two attached hydrogens (primary N) is 1. The highest BCUT2D eigenvalue weighted by Crippen LogP contribution is 2.31. The summed E-state index contributed by atoms with van der Waals surface area (Å²) in [5.74, 6) is 1.54. The Hall–Kier alpha value is -1.71. The lowest BCUT2D eigenvalue weighted by molar-refractivity contribution is 0.435. The molecule has 1 aromatic heterocycles. The molecule has 4 nitrogen and oxygen atoms in total. The molecule has 2 unspecified atom stereocenters. The Kier molecular flexibility index (Phi) is 2.86. The van der Waals surface area contributed by atoms with Gasteiger partial charge in [0, 0.05) is 18.3 Å². The minimum absolute atomic E-state index is 0.606. The molecule has 18 heavy (non-hydrogen) atoms. The summed E-state index contributed by atoms with van der Waals surface area (Å²) in [6.45, 7) is 3.27. The smallest absolute Gasteiger partial charge is 0.295 e. The van der Waals surface area contributed by atoms with E-state index >= 15 is 0 Å². The highest BCUT2D eigenvalue weighted by atomic mass is 16.4. The molecule has 3 N–H and O–H groups in total. The summed E-state index contributed by atoms with van der Waals surface area (Å²) < 4.78 is 5.64. The first-order valence-corrected chi connectivity index (χ1v) is 6.62. The maximum Gasteiger partial charge on any atom is 0.295 e. The molecular formula is C14H19N3O. The van der Waals surface area contributed by atoms with E-state index in [2.05, 4.69) is 17.2 Å². The van der Waals surface area contributed by atoms with Crippen molar-refractivity contribution in [2.45, 2.75) is 26.2 Å². The van der Waals surface area contributed by atoms with Crippen LogP contribution < -0.4 is 11.1 Å². The molecule has 2 atom stereocenters. The first kappa shape index (κ1) is 11.4. The molecule has 4 heteroatoms. The minimum Gasteiger partial charge on any atom is -0.423 e. The lowest BCUT2D eigenvalue weighted by atomic mass is 9.98. The molecule has 1 aromatic carbocycles. The molecule has 1 aliphatic carbocycles. The Morgan fingerprint density at radius 3 is 3.11 bits per heavy atom. The maximum absolute atomic E-state index is 5.72. The number of hydrogen-bond acceptors (Lipinski definition) is 4. The first-order chi connectivity index (χ1) is 8.72. The number of fused-ring (bicyclic) bond motifs is 1. The number of aromatic nitrogens is 1. The summed E-state index contributed by atoms with van der Waals surface area (Å²) in [5, 5.41) is 3.31. The minimum atomic E-state index is 0.606. The number of oxazole rings is 1. The van der Waals surface area contributed by atoms with Crippen molar-refractivity contribution in [2.75, 3.05) is 17.6 Å². The summed E-state index contributed by atoms with van der Waals surface area (Å²) in [4.78, 5) is 4.41. The van der Waals surface area contributed by atoms with Crippen LogP contribution in [0.3, 0.4) is 0 Å². The maximum atomic E-state index is 5.72. The van der Waals surface area contributed by atoms with E-state index in [1.807, 2.05) is 18.2 Å². The molecule has 2 aromatic rings. The van der Waals surface area contributed by atoms with Crippen LogP contribution in [0.25, 0.3) is 11.1 Å². The second kappa shape index (κ2) is 4.52. The van der Waals surface area contributed by atoms with E-state index < -0.39 is 0 Å². The average molecular weight is 245 g/mol. The average Bonchev–Trinajstić information content (AvgIpc) is 2.92. The zero-order valence-electron chi connectivity index (χ0n) is 10.6. The lowest BCUT2D eigenvalue weighted by Gasteiger charge is -2.14. The number of nitrogen functional groups attached to an aromatic ring is 1. The molecule has 1 fully saturated rings. The lowest BCUT2D eigenvalue weighted by Crippen LogP contribution is -2.16. The van der Waals surface area contributed by atoms with Crippen molar-refractivity contribution >= 4 is 22.8 Å². The van der Waals surface area contributed by atoms with Gasteiger partial charge in [0.15, 0.2) is 5.58 Å². The first-order valence-electron chi connectivity index (χ1n) is 6.62. The van der Waals surface area contributed by atoms with E-state index in [-0.39, 0.29) is 0 Å². The van der Waals surface area contributed by atoms with Crippen molar-refractivity contribution in [2.24, 2.45) is 11.8 Å². The number of nitrogens with one attached hydrogen (secondary N) is 1. The fraction of sp³-hybridized carbons (Fsp3) is 0.500. The monoisotopic (exact) mass is 245 g/mol. The molecule has 0 amide bonds. The van der Waals surface area contributed by atoms with Gasteiger partial charge in [-0.25, -0.2) is 0 Å². The van der Waals surface area contributed by atoms with Gasteiger partial charge >= 0.3 is 0 Å². The molecule has 96 valence electrons. The molecular weight excluding hydrogens is 226 g/mol. The Labute approximate surface area is 107 Å². The number of hydrogen-bond donors (Lipinski definition) is 2. The second-order valence-electron chi connectivity index (χ2n) is 5.30. The Morgan fingerprint density at radius 2 is 2.33 bits per heavy atom. The quantitative estimate of drug-likeness (QED) is 0.815. The standard InChI is InChI=1S/C14H19N3O/c1-9-3-2-4-10(9)8-16-14-17-12-6-5-11(15)7-13(12)18-14/h5-7,9-10H,2-4,8,15H2,1H3,(H,16,17). The summed E-state index contributed by atoms with van der Waals surface area (Å²) >= 11 is 0. The third-order valence-corrected chi connectivity index (χ3v) is 3.97. The largest absolute Gasteiger partial charge is 0.423 e. The van der Waals surface area contributed by atoms with Gasteiger partial charge in [-0.1, -0.05) is 19.8 Å². The number of benzene rings is 1. The van der Waals surface area contributed by atoms with E-state index in [0.29, 0.717) is 11.7 Å². The normalized spacial score (nSPS) is 23.6. The van der Waals surface area contributed by atoms with E-state index in [4.69, 9.17) is 10.2 Å². The molecule has 0 saturated heterocycles. The van der Waals surface area contributed by atoms with Crippen molar-refractivity contribution in [3.8, 4) is 0 Å². The molecule has 0 bridgehead atoms. The summed E-state index contributed by atoms with van der Waals surface area (Å²) in [7, 11) is 0. The van der Waals surface area contributed by atoms with E-state index in [9.17, 15) is 0 Å². The summed E-state index contributed by atoms with van der Waals surface area (Å²) in [5.41, 5.74) is 8.02. The van der Waals surface area contributed by atoms with Gasteiger partial charge in [-0.2, -0.15) is 4.98 Å². The van der Waals surface area contributed by atoms with Gasteiger partial charge in [-0.05, 0) is 30.4 Å². The number of anilines is 2. The van der Waals surface area contributed by atoms with Gasteiger partial charge in [-0.15, -0.1) is 0 Å². The van der Waals surface area contributed by atoms with Gasteiger partial charge in [0.1, 0.15) is 5.52 Å². The summed E-state index contributed by atoms with van der Waals surface area (Å²) in [6, 6.07) is 6.14. The van der Waals surface area contributed by atoms with Crippen LogP contribution in [0.15, 0.2) is 22.6 Å². The van der Waals surface area contributed by atoms with Crippen molar-refractivity contribution in [3.63, 3.8) is 0 Å². The van der Waals surface area contributed by atoms with Crippen molar-refractivity contribution in [3.05, 3.63) is 18.2 Å². The van der Waals surface area contributed by atoms with Crippen LogP contribution in [0, 0.1) is 11.8 Å². The summed E-state index contributed by atoms with van der Waals surface area (Å²) in [6.07, 6.45) is 4.00. The van der Waals surface area contributed by atoms with E-state index in [1.54, 1.807) is 0 Å². The predicted molar refractivity (Wildman–Crippen MR) is 73.4 cm³/mol. The third-order valence-electron chi connectivity index (χ3n) is 3.97. The van der Waals surface area contributed by atoms with Crippen LogP contribution in [0.2, 0.25) is 0 Å². The number of rotatable bonds is 3. The third kappa shape index (κ3) is 2.15. The fourth-order valence-electron chi connectivity index (χ4n) is 2.76. The Balaban J connectivity index is 1.71. The highest BCUT2D eigenvalue weighted by Gasteiger charge is 2.23. The molecule has 0 radical (unpaired) electrons. The zero-order chi connectivity index (χ0) is 12.5. The predicted octanol–water partition coefficient (Wildman–Crippen LogP) is 3.26. The zero-order valence-corrected chi connectivity index (χ0v) is 10.6. The molecule has 3 rings (SSSR count). The van der Waals surface area contributed by atoms with Crippen LogP contribution in [0.5, 0.6) is 0 Å². The van der Waals surface area contributed by atoms with Crippen molar-refractivity contribution in [1.82, 2.24) is 4.98 Å². The van der Waals surface area contributed by atoms with Gasteiger partial charge in [0.2, 0.25) is 0 Å². The van der Waals surface area contributed by atoms with Crippen LogP contribution >= 0.6 is 0 Å². The van der Waals surface area contributed by atoms with Gasteiger partial charge < -0.3 is 15.5 Å². The van der Waals surface area contributed by atoms with Crippen molar-refractivity contribution < 1.29 is 4.42 Å². The van der Waals surface area contributed by atoms with E-state index in [1.165, 1.54) is 19.3 Å². The highest BCUT2D eigenvalue weighted by molar-refractivity contribution is 5.78. The van der Waals surface area contributed by atoms with Gasteiger partial charge in [0.05, 0.1) is 0 Å². The van der Waals surface area contributed by atoms with E-state index in [0.717, 1.165) is 29.5 Å². The van der Waals surface area contributed by atoms with Crippen LogP contribution in [0.4, 0.5) is 11.7 Å². The molecule has 1 saturated carbocycles. The molecule has 1 heterocycles. The Morgan fingerprint density at radius 1 is 1.44 bits per heavy atom. The van der Waals surface area contributed by atoms with Crippen LogP contribution in [-0.4, -0.2) is 11.5 Å². The molecule has 0 spiro atoms. The molecule has 1 aliphatic rings. The van der Waals surface area contributed by atoms with Crippen LogP contribution in [-0.2, 0) is 0 Å². The SMILES string of the molecule is CC1CCCC1CNc1nc2ccc(N)cc2o1. The molecule has 0 aliphatic heterocycles. The van der Waals surface area contributed by atoms with Gasteiger partial charge in [-0.3, -0.25) is 0 Å². The topological polar surface area (TPSA) is 64.1 Å². The Bertz CT molecular complexity index is 549. The number of nitrogens with zero attached hydrogens (tertiary/aromatic N) is 1. The van der Waals surface area contributed by atoms with Crippen molar-refractivity contribution in [1.29, 1.82) is 0 Å².